The molecule has 0 aliphatic heterocycles. The first-order valence-corrected chi connectivity index (χ1v) is 16.3. The van der Waals surface area contributed by atoms with Crippen LogP contribution in [0.4, 0.5) is 5.69 Å². The van der Waals surface area contributed by atoms with Gasteiger partial charge in [-0.25, -0.2) is 8.42 Å². The normalized spacial score (nSPS) is 11.9. The summed E-state index contributed by atoms with van der Waals surface area (Å²) in [6.45, 7) is 2.62. The third-order valence-electron chi connectivity index (χ3n) is 6.64. The fourth-order valence-electron chi connectivity index (χ4n) is 4.55. The van der Waals surface area contributed by atoms with E-state index < -0.39 is 16.1 Å². The first kappa shape index (κ1) is 33.2. The summed E-state index contributed by atoms with van der Waals surface area (Å²) in [5, 5.41) is 3.52. The molecular weight excluding hydrogens is 597 g/mol. The fourth-order valence-corrected chi connectivity index (χ4v) is 5.95. The minimum absolute atomic E-state index is 0.000517. The highest BCUT2D eigenvalue weighted by molar-refractivity contribution is 7.92. The van der Waals surface area contributed by atoms with Crippen LogP contribution in [0, 0.1) is 0 Å². The number of ether oxygens (including phenoxy) is 1. The van der Waals surface area contributed by atoms with Gasteiger partial charge in [0, 0.05) is 37.5 Å². The summed E-state index contributed by atoms with van der Waals surface area (Å²) >= 11 is 12.4. The quantitative estimate of drug-likeness (QED) is 0.231. The lowest BCUT2D eigenvalue weighted by Crippen LogP contribution is -2.50. The van der Waals surface area contributed by atoms with Gasteiger partial charge in [-0.05, 0) is 54.3 Å². The summed E-state index contributed by atoms with van der Waals surface area (Å²) in [7, 11) is -2.16. The number of benzene rings is 3. The molecule has 0 aromatic heterocycles. The van der Waals surface area contributed by atoms with Gasteiger partial charge in [-0.3, -0.25) is 13.9 Å². The van der Waals surface area contributed by atoms with Gasteiger partial charge < -0.3 is 15.0 Å². The largest absolute Gasteiger partial charge is 0.497 e. The molecule has 226 valence electrons. The minimum Gasteiger partial charge on any atom is -0.497 e. The molecule has 0 aliphatic rings. The number of amides is 2. The number of methoxy groups -OCH3 is 1. The molecule has 2 amide bonds. The Balaban J connectivity index is 1.90. The van der Waals surface area contributed by atoms with Crippen molar-refractivity contribution in [3.63, 3.8) is 0 Å². The molecule has 1 unspecified atom stereocenters. The highest BCUT2D eigenvalue weighted by Gasteiger charge is 2.30. The van der Waals surface area contributed by atoms with Gasteiger partial charge in [0.25, 0.3) is 0 Å². The second kappa shape index (κ2) is 15.8. The SMILES string of the molecule is CCCNC(=O)C(Cc1ccccc1)N(Cc1cccc(OC)c1)C(=O)CCCN(c1cc(Cl)ccc1Cl)S(C)(=O)=O. The Morgan fingerprint density at radius 3 is 2.36 bits per heavy atom. The Labute approximate surface area is 258 Å². The van der Waals surface area contributed by atoms with Gasteiger partial charge in [0.05, 0.1) is 24.1 Å². The molecule has 3 aromatic rings. The van der Waals surface area contributed by atoms with Gasteiger partial charge >= 0.3 is 0 Å². The first-order chi connectivity index (χ1) is 20.0. The van der Waals surface area contributed by atoms with Crippen LogP contribution >= 0.6 is 23.2 Å². The highest BCUT2D eigenvalue weighted by atomic mass is 35.5. The Bertz CT molecular complexity index is 1450. The molecule has 42 heavy (non-hydrogen) atoms. The summed E-state index contributed by atoms with van der Waals surface area (Å²) in [6, 6.07) is 20.7. The molecular formula is C31H37Cl2N3O5S. The topological polar surface area (TPSA) is 96.0 Å². The monoisotopic (exact) mass is 633 g/mol. The van der Waals surface area contributed by atoms with Crippen LogP contribution in [0.25, 0.3) is 0 Å². The van der Waals surface area contributed by atoms with Crippen LogP contribution in [0.15, 0.2) is 72.8 Å². The highest BCUT2D eigenvalue weighted by Crippen LogP contribution is 2.31. The third kappa shape index (κ3) is 9.64. The van der Waals surface area contributed by atoms with Crippen molar-refractivity contribution in [1.29, 1.82) is 0 Å². The molecule has 3 aromatic carbocycles. The smallest absolute Gasteiger partial charge is 0.243 e. The van der Waals surface area contributed by atoms with Gasteiger partial charge in [-0.2, -0.15) is 0 Å². The lowest BCUT2D eigenvalue weighted by atomic mass is 10.0. The Morgan fingerprint density at radius 2 is 1.69 bits per heavy atom. The molecule has 0 saturated heterocycles. The van der Waals surface area contributed by atoms with E-state index in [1.807, 2.05) is 61.5 Å². The number of carbonyl (C=O) groups is 2. The number of halogens is 2. The van der Waals surface area contributed by atoms with Gasteiger partial charge in [-0.15, -0.1) is 0 Å². The van der Waals surface area contributed by atoms with Crippen molar-refractivity contribution < 1.29 is 22.7 Å². The molecule has 0 aliphatic carbocycles. The van der Waals surface area contributed by atoms with Crippen molar-refractivity contribution in [3.8, 4) is 5.75 Å². The van der Waals surface area contributed by atoms with E-state index in [2.05, 4.69) is 5.32 Å². The van der Waals surface area contributed by atoms with Crippen molar-refractivity contribution in [3.05, 3.63) is 94.0 Å². The number of anilines is 1. The van der Waals surface area contributed by atoms with Crippen LogP contribution in [0.2, 0.25) is 10.0 Å². The molecule has 0 radical (unpaired) electrons. The van der Waals surface area contributed by atoms with E-state index in [1.54, 1.807) is 18.1 Å². The summed E-state index contributed by atoms with van der Waals surface area (Å²) in [6.07, 6.45) is 2.34. The van der Waals surface area contributed by atoms with E-state index in [0.717, 1.165) is 28.1 Å². The summed E-state index contributed by atoms with van der Waals surface area (Å²) in [4.78, 5) is 29.0. The average Bonchev–Trinajstić information content (AvgIpc) is 2.97. The van der Waals surface area contributed by atoms with Crippen LogP contribution in [0.1, 0.15) is 37.3 Å². The maximum Gasteiger partial charge on any atom is 0.243 e. The van der Waals surface area contributed by atoms with E-state index in [0.29, 0.717) is 23.7 Å². The number of hydrogen-bond donors (Lipinski definition) is 1. The fraction of sp³-hybridized carbons (Fsp3) is 0.355. The van der Waals surface area contributed by atoms with Gasteiger partial charge in [0.1, 0.15) is 11.8 Å². The molecule has 3 rings (SSSR count). The second-order valence-corrected chi connectivity index (χ2v) is 12.7. The lowest BCUT2D eigenvalue weighted by Gasteiger charge is -2.32. The molecule has 0 heterocycles. The zero-order valence-corrected chi connectivity index (χ0v) is 26.4. The lowest BCUT2D eigenvalue weighted by molar-refractivity contribution is -0.141. The zero-order chi connectivity index (χ0) is 30.7. The molecule has 0 fully saturated rings. The molecule has 1 atom stereocenters. The zero-order valence-electron chi connectivity index (χ0n) is 24.1. The first-order valence-electron chi connectivity index (χ1n) is 13.7. The van der Waals surface area contributed by atoms with Gasteiger partial charge in [-0.1, -0.05) is 72.6 Å². The van der Waals surface area contributed by atoms with Crippen molar-refractivity contribution in [2.24, 2.45) is 0 Å². The standard InChI is InChI=1S/C31H37Cl2N3O5S/c1-4-17-34-31(38)29(20-23-10-6-5-7-11-23)35(22-24-12-8-13-26(19-24)41-2)30(37)14-9-18-36(42(3,39)40)28-21-25(32)15-16-27(28)33/h5-8,10-13,15-16,19,21,29H,4,9,14,17-18,20,22H2,1-3H3,(H,34,38). The number of rotatable bonds is 15. The predicted molar refractivity (Wildman–Crippen MR) is 169 cm³/mol. The van der Waals surface area contributed by atoms with Gasteiger partial charge in [0.15, 0.2) is 0 Å². The van der Waals surface area contributed by atoms with Crippen LogP contribution < -0.4 is 14.4 Å². The van der Waals surface area contributed by atoms with Crippen LogP contribution in [-0.4, -0.2) is 57.6 Å². The van der Waals surface area contributed by atoms with E-state index in [9.17, 15) is 18.0 Å². The molecule has 0 spiro atoms. The third-order valence-corrected chi connectivity index (χ3v) is 8.37. The number of hydrogen-bond acceptors (Lipinski definition) is 5. The van der Waals surface area contributed by atoms with Crippen molar-refractivity contribution in [1.82, 2.24) is 10.2 Å². The van der Waals surface area contributed by atoms with Crippen molar-refractivity contribution in [2.45, 2.75) is 45.2 Å². The molecule has 11 heteroatoms. The summed E-state index contributed by atoms with van der Waals surface area (Å²) in [5.41, 5.74) is 1.96. The van der Waals surface area contributed by atoms with E-state index in [4.69, 9.17) is 27.9 Å². The number of nitrogens with one attached hydrogen (secondary N) is 1. The summed E-state index contributed by atoms with van der Waals surface area (Å²) < 4.78 is 31.9. The Morgan fingerprint density at radius 1 is 0.976 bits per heavy atom. The number of carbonyl (C=O) groups excluding carboxylic acids is 2. The second-order valence-electron chi connectivity index (χ2n) is 9.90. The predicted octanol–water partition coefficient (Wildman–Crippen LogP) is 5.71. The maximum atomic E-state index is 13.9. The number of sulfonamides is 1. The van der Waals surface area contributed by atoms with E-state index in [-0.39, 0.29) is 48.5 Å². The molecule has 8 nitrogen and oxygen atoms in total. The van der Waals surface area contributed by atoms with Gasteiger partial charge in [0.2, 0.25) is 21.8 Å². The minimum atomic E-state index is -3.73. The summed E-state index contributed by atoms with van der Waals surface area (Å²) in [5.74, 6) is 0.105. The Hall–Kier alpha value is -3.27. The Kier molecular flexibility index (Phi) is 12.5. The van der Waals surface area contributed by atoms with Crippen LogP contribution in [0.3, 0.4) is 0 Å². The molecule has 0 bridgehead atoms. The van der Waals surface area contributed by atoms with Crippen LogP contribution in [0.5, 0.6) is 5.75 Å². The maximum absolute atomic E-state index is 13.9. The average molecular weight is 635 g/mol. The molecule has 0 saturated carbocycles. The van der Waals surface area contributed by atoms with Crippen molar-refractivity contribution in [2.75, 3.05) is 30.8 Å². The molecule has 1 N–H and O–H groups in total. The van der Waals surface area contributed by atoms with E-state index in [1.165, 1.54) is 12.1 Å². The van der Waals surface area contributed by atoms with E-state index >= 15 is 0 Å². The number of nitrogens with zero attached hydrogens (tertiary/aromatic N) is 2. The van der Waals surface area contributed by atoms with Crippen molar-refractivity contribution >= 4 is 50.7 Å². The van der Waals surface area contributed by atoms with Crippen LogP contribution in [-0.2, 0) is 32.6 Å².